The first-order valence-corrected chi connectivity index (χ1v) is 7.00. The average molecular weight is 269 g/mol. The number of halogens is 1. The summed E-state index contributed by atoms with van der Waals surface area (Å²) in [5.74, 6) is 0.745. The molecule has 1 aromatic carbocycles. The highest BCUT2D eigenvalue weighted by atomic mass is 35.5. The Morgan fingerprint density at radius 1 is 1.22 bits per heavy atom. The van der Waals surface area contributed by atoms with Crippen LogP contribution in [0.1, 0.15) is 19.3 Å². The largest absolute Gasteiger partial charge is 0.490 e. The molecule has 2 N–H and O–H groups in total. The van der Waals surface area contributed by atoms with Crippen LogP contribution in [0.2, 0.25) is 5.02 Å². The summed E-state index contributed by atoms with van der Waals surface area (Å²) in [5.41, 5.74) is 5.85. The van der Waals surface area contributed by atoms with Crippen LogP contribution in [-0.4, -0.2) is 37.2 Å². The molecule has 0 aromatic heterocycles. The number of hydrogen-bond acceptors (Lipinski definition) is 3. The van der Waals surface area contributed by atoms with Gasteiger partial charge in [-0.15, -0.1) is 0 Å². The maximum atomic E-state index is 6.07. The second-order valence-electron chi connectivity index (χ2n) is 4.73. The molecule has 0 radical (unpaired) electrons. The van der Waals surface area contributed by atoms with E-state index in [4.69, 9.17) is 22.1 Å². The van der Waals surface area contributed by atoms with Crippen LogP contribution in [0.25, 0.3) is 0 Å². The normalized spacial score (nSPS) is 18.6. The molecule has 0 bridgehead atoms. The van der Waals surface area contributed by atoms with Crippen molar-refractivity contribution in [2.75, 3.05) is 26.2 Å². The Morgan fingerprint density at radius 2 is 1.94 bits per heavy atom. The van der Waals surface area contributed by atoms with Crippen molar-refractivity contribution in [3.63, 3.8) is 0 Å². The Labute approximate surface area is 114 Å². The van der Waals surface area contributed by atoms with Crippen LogP contribution in [-0.2, 0) is 0 Å². The Kier molecular flexibility index (Phi) is 5.29. The molecule has 18 heavy (non-hydrogen) atoms. The Bertz CT molecular complexity index is 367. The summed E-state index contributed by atoms with van der Waals surface area (Å²) >= 11 is 6.07. The zero-order chi connectivity index (χ0) is 12.8. The third kappa shape index (κ3) is 3.61. The van der Waals surface area contributed by atoms with Gasteiger partial charge in [0, 0.05) is 6.54 Å². The smallest absolute Gasteiger partial charge is 0.137 e. The summed E-state index contributed by atoms with van der Waals surface area (Å²) in [6.07, 6.45) is 3.87. The van der Waals surface area contributed by atoms with Gasteiger partial charge in [-0.3, -0.25) is 4.90 Å². The number of para-hydroxylation sites is 1. The van der Waals surface area contributed by atoms with Crippen molar-refractivity contribution in [2.45, 2.75) is 25.3 Å². The van der Waals surface area contributed by atoms with E-state index in [0.717, 1.165) is 18.8 Å². The first-order valence-electron chi connectivity index (χ1n) is 6.62. The van der Waals surface area contributed by atoms with Gasteiger partial charge >= 0.3 is 0 Å². The molecule has 0 aliphatic carbocycles. The minimum atomic E-state index is 0.293. The first kappa shape index (κ1) is 13.7. The molecule has 1 aliphatic rings. The monoisotopic (exact) mass is 268 g/mol. The van der Waals surface area contributed by atoms with E-state index in [-0.39, 0.29) is 0 Å². The van der Waals surface area contributed by atoms with Gasteiger partial charge in [0.1, 0.15) is 12.4 Å². The highest BCUT2D eigenvalue weighted by Gasteiger charge is 2.20. The molecule has 0 spiro atoms. The van der Waals surface area contributed by atoms with Crippen LogP contribution in [0.5, 0.6) is 5.75 Å². The quantitative estimate of drug-likeness (QED) is 0.892. The van der Waals surface area contributed by atoms with Crippen LogP contribution in [0.3, 0.4) is 0 Å². The van der Waals surface area contributed by atoms with Crippen LogP contribution in [0, 0.1) is 0 Å². The summed E-state index contributed by atoms with van der Waals surface area (Å²) in [5, 5.41) is 0.659. The number of piperidine rings is 1. The summed E-state index contributed by atoms with van der Waals surface area (Å²) in [4.78, 5) is 2.43. The molecule has 4 heteroatoms. The molecule has 0 saturated carbocycles. The minimum absolute atomic E-state index is 0.293. The summed E-state index contributed by atoms with van der Waals surface area (Å²) in [6, 6.07) is 7.86. The molecule has 1 saturated heterocycles. The number of hydrogen-bond donors (Lipinski definition) is 1. The van der Waals surface area contributed by atoms with E-state index in [1.165, 1.54) is 19.3 Å². The highest BCUT2D eigenvalue weighted by Crippen LogP contribution is 2.23. The number of nitrogens with zero attached hydrogens (tertiary/aromatic N) is 1. The molecule has 1 aromatic rings. The van der Waals surface area contributed by atoms with E-state index in [9.17, 15) is 0 Å². The van der Waals surface area contributed by atoms with E-state index in [0.29, 0.717) is 24.2 Å². The van der Waals surface area contributed by atoms with Gasteiger partial charge in [0.05, 0.1) is 11.1 Å². The van der Waals surface area contributed by atoms with Crippen molar-refractivity contribution in [3.8, 4) is 5.75 Å². The fourth-order valence-corrected chi connectivity index (χ4v) is 2.54. The Hall–Kier alpha value is -0.770. The molecule has 2 rings (SSSR count). The zero-order valence-electron chi connectivity index (χ0n) is 10.6. The third-order valence-corrected chi connectivity index (χ3v) is 3.76. The van der Waals surface area contributed by atoms with Gasteiger partial charge in [-0.25, -0.2) is 0 Å². The molecule has 0 amide bonds. The minimum Gasteiger partial charge on any atom is -0.490 e. The lowest BCUT2D eigenvalue weighted by molar-refractivity contribution is 0.118. The number of benzene rings is 1. The highest BCUT2D eigenvalue weighted by molar-refractivity contribution is 6.32. The maximum Gasteiger partial charge on any atom is 0.137 e. The number of rotatable bonds is 5. The van der Waals surface area contributed by atoms with Crippen molar-refractivity contribution < 1.29 is 4.74 Å². The van der Waals surface area contributed by atoms with Gasteiger partial charge in [0.15, 0.2) is 0 Å². The van der Waals surface area contributed by atoms with Gasteiger partial charge in [0.2, 0.25) is 0 Å². The van der Waals surface area contributed by atoms with Crippen molar-refractivity contribution in [3.05, 3.63) is 29.3 Å². The lowest BCUT2D eigenvalue weighted by Gasteiger charge is -2.33. The third-order valence-electron chi connectivity index (χ3n) is 3.45. The van der Waals surface area contributed by atoms with Gasteiger partial charge < -0.3 is 10.5 Å². The zero-order valence-corrected chi connectivity index (χ0v) is 11.4. The second-order valence-corrected chi connectivity index (χ2v) is 5.13. The van der Waals surface area contributed by atoms with Crippen LogP contribution in [0.15, 0.2) is 24.3 Å². The molecule has 1 unspecified atom stereocenters. The predicted octanol–water partition coefficient (Wildman–Crippen LogP) is 2.53. The summed E-state index contributed by atoms with van der Waals surface area (Å²) < 4.78 is 5.79. The molecular weight excluding hydrogens is 248 g/mol. The van der Waals surface area contributed by atoms with E-state index in [2.05, 4.69) is 4.90 Å². The molecule has 3 nitrogen and oxygen atoms in total. The summed E-state index contributed by atoms with van der Waals surface area (Å²) in [6.45, 7) is 3.51. The lowest BCUT2D eigenvalue weighted by atomic mass is 10.1. The van der Waals surface area contributed by atoms with Crippen molar-refractivity contribution in [2.24, 2.45) is 5.73 Å². The number of likely N-dealkylation sites (tertiary alicyclic amines) is 1. The standard InChI is InChI=1S/C14H21ClN2O/c15-13-6-2-3-7-14(13)18-11-12(10-16)17-8-4-1-5-9-17/h2-3,6-7,12H,1,4-5,8-11,16H2. The molecule has 100 valence electrons. The van der Waals surface area contributed by atoms with E-state index in [1.807, 2.05) is 24.3 Å². The van der Waals surface area contributed by atoms with Gasteiger partial charge in [-0.1, -0.05) is 30.2 Å². The van der Waals surface area contributed by atoms with Crippen LogP contribution in [0.4, 0.5) is 0 Å². The molecule has 1 fully saturated rings. The number of ether oxygens (including phenoxy) is 1. The molecule has 1 atom stereocenters. The fraction of sp³-hybridized carbons (Fsp3) is 0.571. The van der Waals surface area contributed by atoms with Gasteiger partial charge in [-0.05, 0) is 38.1 Å². The van der Waals surface area contributed by atoms with Crippen LogP contribution < -0.4 is 10.5 Å². The Morgan fingerprint density at radius 3 is 2.61 bits per heavy atom. The SMILES string of the molecule is NCC(COc1ccccc1Cl)N1CCCCC1. The average Bonchev–Trinajstić information content (AvgIpc) is 2.42. The Balaban J connectivity index is 1.88. The molecule has 1 heterocycles. The number of nitrogens with two attached hydrogens (primary N) is 1. The predicted molar refractivity (Wildman–Crippen MR) is 75.2 cm³/mol. The first-order chi connectivity index (χ1) is 8.81. The van der Waals surface area contributed by atoms with Gasteiger partial charge in [0.25, 0.3) is 0 Å². The van der Waals surface area contributed by atoms with E-state index >= 15 is 0 Å². The van der Waals surface area contributed by atoms with Crippen LogP contribution >= 0.6 is 11.6 Å². The lowest BCUT2D eigenvalue weighted by Crippen LogP contribution is -2.46. The van der Waals surface area contributed by atoms with Crippen molar-refractivity contribution in [1.82, 2.24) is 4.90 Å². The topological polar surface area (TPSA) is 38.5 Å². The van der Waals surface area contributed by atoms with E-state index in [1.54, 1.807) is 0 Å². The molecular formula is C14H21ClN2O. The van der Waals surface area contributed by atoms with Gasteiger partial charge in [-0.2, -0.15) is 0 Å². The summed E-state index contributed by atoms with van der Waals surface area (Å²) in [7, 11) is 0. The fourth-order valence-electron chi connectivity index (χ4n) is 2.35. The van der Waals surface area contributed by atoms with E-state index < -0.39 is 0 Å². The van der Waals surface area contributed by atoms with Crippen molar-refractivity contribution in [1.29, 1.82) is 0 Å². The van der Waals surface area contributed by atoms with Crippen molar-refractivity contribution >= 4 is 11.6 Å². The molecule has 1 aliphatic heterocycles. The maximum absolute atomic E-state index is 6.07. The second kappa shape index (κ2) is 6.98.